The zero-order chi connectivity index (χ0) is 15.2. The Labute approximate surface area is 133 Å². The van der Waals surface area contributed by atoms with Gasteiger partial charge in [0.15, 0.2) is 8.32 Å². The van der Waals surface area contributed by atoms with E-state index in [1.54, 1.807) is 0 Å². The maximum Gasteiger partial charge on any atom is 0.191 e. The van der Waals surface area contributed by atoms with E-state index >= 15 is 0 Å². The molecule has 114 valence electrons. The van der Waals surface area contributed by atoms with Crippen LogP contribution in [-0.2, 0) is 4.43 Å². The topological polar surface area (TPSA) is 29.5 Å². The molecule has 0 saturated carbocycles. The average molecular weight is 359 g/mol. The lowest BCUT2D eigenvalue weighted by Crippen LogP contribution is -2.36. The number of allylic oxidation sites excluding steroid dienone is 1. The van der Waals surface area contributed by atoms with Gasteiger partial charge in [-0.05, 0) is 36.9 Å². The van der Waals surface area contributed by atoms with Crippen molar-refractivity contribution in [2.24, 2.45) is 5.92 Å². The molecule has 0 bridgehead atoms. The lowest BCUT2D eigenvalue weighted by Gasteiger charge is -2.28. The minimum atomic E-state index is -1.48. The molecule has 1 aliphatic carbocycles. The molecule has 0 aromatic rings. The van der Waals surface area contributed by atoms with Gasteiger partial charge in [-0.25, -0.2) is 0 Å². The molecular formula is C16H27BrO2Si. The summed E-state index contributed by atoms with van der Waals surface area (Å²) >= 11 is 3.46. The zero-order valence-corrected chi connectivity index (χ0v) is 15.5. The second-order valence-corrected chi connectivity index (χ2v) is 11.4. The predicted molar refractivity (Wildman–Crippen MR) is 91.3 cm³/mol. The van der Waals surface area contributed by atoms with Gasteiger partial charge >= 0.3 is 0 Å². The molecule has 0 fully saturated rings. The van der Waals surface area contributed by atoms with E-state index in [9.17, 15) is 5.11 Å². The first kappa shape index (κ1) is 18.0. The van der Waals surface area contributed by atoms with Crippen LogP contribution in [0.15, 0.2) is 10.6 Å². The summed E-state index contributed by atoms with van der Waals surface area (Å²) in [5, 5.41) is 10.4. The first-order valence-corrected chi connectivity index (χ1v) is 10.9. The van der Waals surface area contributed by atoms with Gasteiger partial charge in [-0.1, -0.05) is 42.8 Å². The van der Waals surface area contributed by atoms with Crippen molar-refractivity contribution in [2.75, 3.05) is 6.61 Å². The van der Waals surface area contributed by atoms with Gasteiger partial charge < -0.3 is 9.53 Å². The second-order valence-electron chi connectivity index (χ2n) is 5.77. The van der Waals surface area contributed by atoms with Gasteiger partial charge in [0.2, 0.25) is 0 Å². The summed E-state index contributed by atoms with van der Waals surface area (Å²) in [6.45, 7) is 7.54. The van der Waals surface area contributed by atoms with Crippen LogP contribution in [0.2, 0.25) is 18.1 Å². The summed E-state index contributed by atoms with van der Waals surface area (Å²) in [4.78, 5) is 0. The van der Waals surface area contributed by atoms with E-state index in [0.717, 1.165) is 17.5 Å². The largest absolute Gasteiger partial charge is 0.417 e. The fraction of sp³-hybridized carbons (Fsp3) is 0.750. The van der Waals surface area contributed by atoms with Crippen molar-refractivity contribution >= 4 is 24.2 Å². The lowest BCUT2D eigenvalue weighted by atomic mass is 9.94. The van der Waals surface area contributed by atoms with E-state index in [4.69, 9.17) is 10.8 Å². The predicted octanol–water partition coefficient (Wildman–Crippen LogP) is 4.45. The average Bonchev–Trinajstić information content (AvgIpc) is 2.71. The quantitative estimate of drug-likeness (QED) is 0.512. The van der Waals surface area contributed by atoms with Crippen LogP contribution in [0.3, 0.4) is 0 Å². The molecule has 4 heteroatoms. The lowest BCUT2D eigenvalue weighted by molar-refractivity contribution is 0.0810. The number of aliphatic hydroxyl groups is 1. The van der Waals surface area contributed by atoms with Crippen LogP contribution in [0, 0.1) is 18.3 Å². The van der Waals surface area contributed by atoms with Crippen LogP contribution in [0.1, 0.15) is 40.0 Å². The van der Waals surface area contributed by atoms with Gasteiger partial charge in [-0.2, -0.15) is 0 Å². The van der Waals surface area contributed by atoms with Crippen molar-refractivity contribution in [3.05, 3.63) is 10.6 Å². The van der Waals surface area contributed by atoms with Gasteiger partial charge in [0.25, 0.3) is 0 Å². The zero-order valence-electron chi connectivity index (χ0n) is 12.9. The monoisotopic (exact) mass is 358 g/mol. The highest BCUT2D eigenvalue weighted by Crippen LogP contribution is 2.41. The fourth-order valence-electron chi connectivity index (χ4n) is 2.95. The normalized spacial score (nSPS) is 26.4. The van der Waals surface area contributed by atoms with E-state index in [1.165, 1.54) is 18.1 Å². The molecular weight excluding hydrogens is 332 g/mol. The van der Waals surface area contributed by atoms with E-state index in [-0.39, 0.29) is 0 Å². The number of halogens is 1. The molecule has 2 atom stereocenters. The summed E-state index contributed by atoms with van der Waals surface area (Å²) in [5.41, 5.74) is -0.853. The van der Waals surface area contributed by atoms with E-state index in [0.29, 0.717) is 18.8 Å². The third-order valence-electron chi connectivity index (χ3n) is 4.65. The third kappa shape index (κ3) is 4.21. The Balaban J connectivity index is 2.48. The molecule has 0 radical (unpaired) electrons. The molecule has 0 heterocycles. The summed E-state index contributed by atoms with van der Waals surface area (Å²) < 4.78 is 7.12. The fourth-order valence-corrected chi connectivity index (χ4v) is 6.29. The van der Waals surface area contributed by atoms with Crippen LogP contribution in [0.25, 0.3) is 0 Å². The van der Waals surface area contributed by atoms with Gasteiger partial charge in [0.1, 0.15) is 5.60 Å². The molecule has 20 heavy (non-hydrogen) atoms. The van der Waals surface area contributed by atoms with Crippen LogP contribution in [0.5, 0.6) is 0 Å². The number of terminal acetylenes is 1. The number of hydrogen-bond acceptors (Lipinski definition) is 2. The molecule has 0 aromatic carbocycles. The first-order chi connectivity index (χ1) is 9.45. The van der Waals surface area contributed by atoms with Gasteiger partial charge in [-0.3, -0.25) is 0 Å². The maximum atomic E-state index is 10.4. The summed E-state index contributed by atoms with van der Waals surface area (Å²) in [7, 11) is -1.48. The minimum Gasteiger partial charge on any atom is -0.417 e. The van der Waals surface area contributed by atoms with Crippen molar-refractivity contribution in [1.29, 1.82) is 0 Å². The molecule has 1 aliphatic rings. The molecule has 0 aromatic heterocycles. The van der Waals surface area contributed by atoms with Crippen molar-refractivity contribution in [3.8, 4) is 12.3 Å². The van der Waals surface area contributed by atoms with Crippen LogP contribution < -0.4 is 0 Å². The smallest absolute Gasteiger partial charge is 0.191 e. The van der Waals surface area contributed by atoms with Crippen LogP contribution in [0.4, 0.5) is 0 Å². The van der Waals surface area contributed by atoms with E-state index in [1.807, 2.05) is 0 Å². The van der Waals surface area contributed by atoms with E-state index in [2.05, 4.69) is 48.7 Å². The molecule has 0 amide bonds. The maximum absolute atomic E-state index is 10.4. The number of hydrogen-bond donors (Lipinski definition) is 1. The second kappa shape index (κ2) is 7.79. The Bertz CT molecular complexity index is 376. The highest BCUT2D eigenvalue weighted by molar-refractivity contribution is 9.11. The Morgan fingerprint density at radius 3 is 2.55 bits per heavy atom. The summed E-state index contributed by atoms with van der Waals surface area (Å²) in [6, 6.07) is 3.56. The Morgan fingerprint density at radius 1 is 1.45 bits per heavy atom. The minimum absolute atomic E-state index is 0.361. The molecule has 1 rings (SSSR count). The number of rotatable bonds is 8. The summed E-state index contributed by atoms with van der Waals surface area (Å²) in [5.74, 6) is 2.92. The Morgan fingerprint density at radius 2 is 2.05 bits per heavy atom. The highest BCUT2D eigenvalue weighted by Gasteiger charge is 2.38. The standard InChI is InChI=1S/C16H27BrO2Si/c1-5-10-16(18)13-14(12-15(16)17)9-11-19-20(6-2,7-3)8-4/h1,12,14,18H,6-11,13H2,2-4H3. The summed E-state index contributed by atoms with van der Waals surface area (Å²) in [6.07, 6.45) is 9.49. The molecule has 0 saturated heterocycles. The van der Waals surface area contributed by atoms with E-state index < -0.39 is 13.9 Å². The van der Waals surface area contributed by atoms with Crippen LogP contribution >= 0.6 is 15.9 Å². The first-order valence-electron chi connectivity index (χ1n) is 7.63. The molecule has 0 spiro atoms. The van der Waals surface area contributed by atoms with Gasteiger partial charge in [0, 0.05) is 17.5 Å². The highest BCUT2D eigenvalue weighted by atomic mass is 79.9. The molecule has 0 aliphatic heterocycles. The SMILES string of the molecule is C#CCC1(O)CC(CCO[Si](CC)(CC)CC)C=C1Br. The van der Waals surface area contributed by atoms with Gasteiger partial charge in [0.05, 0.1) is 0 Å². The molecule has 2 nitrogen and oxygen atoms in total. The molecule has 1 N–H and O–H groups in total. The van der Waals surface area contributed by atoms with Crippen molar-refractivity contribution in [1.82, 2.24) is 0 Å². The van der Waals surface area contributed by atoms with Crippen molar-refractivity contribution < 1.29 is 9.53 Å². The Kier molecular flexibility index (Phi) is 7.00. The van der Waals surface area contributed by atoms with Crippen molar-refractivity contribution in [3.63, 3.8) is 0 Å². The third-order valence-corrected chi connectivity index (χ3v) is 10.3. The molecule has 2 unspecified atom stereocenters. The van der Waals surface area contributed by atoms with Gasteiger partial charge in [-0.15, -0.1) is 12.3 Å². The Hall–Kier alpha value is -0.0831. The van der Waals surface area contributed by atoms with Crippen LogP contribution in [-0.4, -0.2) is 25.6 Å². The van der Waals surface area contributed by atoms with Crippen molar-refractivity contribution in [2.45, 2.75) is 63.8 Å².